The van der Waals surface area contributed by atoms with E-state index in [2.05, 4.69) is 21.2 Å². The second-order valence-electron chi connectivity index (χ2n) is 6.33. The molecule has 3 aromatic rings. The lowest BCUT2D eigenvalue weighted by molar-refractivity contribution is 0.0697. The van der Waals surface area contributed by atoms with E-state index < -0.39 is 5.97 Å². The van der Waals surface area contributed by atoms with Gasteiger partial charge in [-0.05, 0) is 42.0 Å². The van der Waals surface area contributed by atoms with Gasteiger partial charge in [0.1, 0.15) is 6.61 Å². The number of methoxy groups -OCH3 is 1. The Labute approximate surface area is 192 Å². The second kappa shape index (κ2) is 10.1. The SMILES string of the molecule is COc1cc(CNc2ccc(Cl)c(C(=O)O)c2)c(Br)cc1OCc1ccccc1Cl. The van der Waals surface area contributed by atoms with Crippen molar-refractivity contribution in [2.24, 2.45) is 0 Å². The maximum absolute atomic E-state index is 11.2. The molecule has 0 radical (unpaired) electrons. The van der Waals surface area contributed by atoms with Gasteiger partial charge in [-0.15, -0.1) is 0 Å². The van der Waals surface area contributed by atoms with Gasteiger partial charge in [-0.1, -0.05) is 57.3 Å². The zero-order valence-corrected chi connectivity index (χ0v) is 19.0. The number of hydrogen-bond acceptors (Lipinski definition) is 4. The molecule has 0 aliphatic carbocycles. The number of halogens is 3. The minimum absolute atomic E-state index is 0.0432. The van der Waals surface area contributed by atoms with Gasteiger partial charge in [-0.3, -0.25) is 0 Å². The number of carboxylic acids is 1. The molecule has 0 saturated heterocycles. The Balaban J connectivity index is 1.74. The highest BCUT2D eigenvalue weighted by Crippen LogP contribution is 2.35. The van der Waals surface area contributed by atoms with Crippen LogP contribution in [0, 0.1) is 0 Å². The van der Waals surface area contributed by atoms with E-state index in [-0.39, 0.29) is 10.6 Å². The lowest BCUT2D eigenvalue weighted by atomic mass is 10.1. The summed E-state index contributed by atoms with van der Waals surface area (Å²) >= 11 is 15.7. The summed E-state index contributed by atoms with van der Waals surface area (Å²) in [6.45, 7) is 0.741. The van der Waals surface area contributed by atoms with Crippen LogP contribution in [-0.2, 0) is 13.2 Å². The van der Waals surface area contributed by atoms with Gasteiger partial charge in [0.05, 0.1) is 17.7 Å². The van der Waals surface area contributed by atoms with Crippen molar-refractivity contribution in [1.82, 2.24) is 0 Å². The first kappa shape index (κ1) is 22.3. The van der Waals surface area contributed by atoms with Crippen molar-refractivity contribution in [3.63, 3.8) is 0 Å². The molecule has 8 heteroatoms. The van der Waals surface area contributed by atoms with Crippen molar-refractivity contribution < 1.29 is 19.4 Å². The number of carboxylic acid groups (broad SMARTS) is 1. The van der Waals surface area contributed by atoms with Crippen LogP contribution in [0.15, 0.2) is 59.1 Å². The van der Waals surface area contributed by atoms with E-state index in [1.807, 2.05) is 36.4 Å². The van der Waals surface area contributed by atoms with Gasteiger partial charge < -0.3 is 19.9 Å². The van der Waals surface area contributed by atoms with E-state index in [4.69, 9.17) is 32.7 Å². The minimum atomic E-state index is -1.08. The molecule has 3 rings (SSSR count). The fraction of sp³-hybridized carbons (Fsp3) is 0.136. The highest BCUT2D eigenvalue weighted by Gasteiger charge is 2.13. The van der Waals surface area contributed by atoms with Crippen LogP contribution in [0.2, 0.25) is 10.0 Å². The van der Waals surface area contributed by atoms with Gasteiger partial charge in [-0.2, -0.15) is 0 Å². The molecular weight excluding hydrogens is 493 g/mol. The van der Waals surface area contributed by atoms with Crippen molar-refractivity contribution in [3.05, 3.63) is 85.8 Å². The van der Waals surface area contributed by atoms with Crippen molar-refractivity contribution >= 4 is 50.8 Å². The van der Waals surface area contributed by atoms with Crippen LogP contribution < -0.4 is 14.8 Å². The summed E-state index contributed by atoms with van der Waals surface area (Å²) < 4.78 is 12.2. The molecule has 3 aromatic carbocycles. The number of nitrogens with one attached hydrogen (secondary N) is 1. The second-order valence-corrected chi connectivity index (χ2v) is 8.00. The predicted molar refractivity (Wildman–Crippen MR) is 122 cm³/mol. The Morgan fingerprint density at radius 3 is 2.50 bits per heavy atom. The quantitative estimate of drug-likeness (QED) is 0.355. The van der Waals surface area contributed by atoms with E-state index in [1.54, 1.807) is 19.2 Å². The number of ether oxygens (including phenoxy) is 2. The molecule has 30 heavy (non-hydrogen) atoms. The van der Waals surface area contributed by atoms with Gasteiger partial charge in [0, 0.05) is 27.3 Å². The first-order chi connectivity index (χ1) is 14.4. The monoisotopic (exact) mass is 509 g/mol. The van der Waals surface area contributed by atoms with Crippen molar-refractivity contribution in [3.8, 4) is 11.5 Å². The Kier molecular flexibility index (Phi) is 7.48. The summed E-state index contributed by atoms with van der Waals surface area (Å²) in [6, 6.07) is 15.9. The molecule has 5 nitrogen and oxygen atoms in total. The third-order valence-corrected chi connectivity index (χ3v) is 5.79. The number of hydrogen-bond donors (Lipinski definition) is 2. The first-order valence-electron chi connectivity index (χ1n) is 8.88. The smallest absolute Gasteiger partial charge is 0.337 e. The molecular formula is C22H18BrCl2NO4. The van der Waals surface area contributed by atoms with Gasteiger partial charge in [0.2, 0.25) is 0 Å². The first-order valence-corrected chi connectivity index (χ1v) is 10.4. The summed E-state index contributed by atoms with van der Waals surface area (Å²) in [5.74, 6) is 0.0728. The van der Waals surface area contributed by atoms with Gasteiger partial charge in [0.15, 0.2) is 11.5 Å². The molecule has 0 fully saturated rings. The average Bonchev–Trinajstić information content (AvgIpc) is 2.73. The largest absolute Gasteiger partial charge is 0.493 e. The lowest BCUT2D eigenvalue weighted by Crippen LogP contribution is -2.04. The lowest BCUT2D eigenvalue weighted by Gasteiger charge is -2.15. The third kappa shape index (κ3) is 5.39. The van der Waals surface area contributed by atoms with Gasteiger partial charge in [0.25, 0.3) is 0 Å². The van der Waals surface area contributed by atoms with Gasteiger partial charge >= 0.3 is 5.97 Å². The van der Waals surface area contributed by atoms with Crippen LogP contribution in [0.1, 0.15) is 21.5 Å². The molecule has 0 aromatic heterocycles. The number of benzene rings is 3. The Morgan fingerprint density at radius 2 is 1.80 bits per heavy atom. The molecule has 0 aliphatic rings. The van der Waals surface area contributed by atoms with Crippen LogP contribution in [0.3, 0.4) is 0 Å². The Bertz CT molecular complexity index is 1070. The molecule has 0 atom stereocenters. The summed E-state index contributed by atoms with van der Waals surface area (Å²) in [4.78, 5) is 11.2. The zero-order chi connectivity index (χ0) is 21.7. The molecule has 0 unspecified atom stereocenters. The number of rotatable bonds is 8. The third-order valence-electron chi connectivity index (χ3n) is 4.35. The predicted octanol–water partition coefficient (Wildman–Crippen LogP) is 6.65. The van der Waals surface area contributed by atoms with Crippen LogP contribution in [-0.4, -0.2) is 18.2 Å². The van der Waals surface area contributed by atoms with Crippen molar-refractivity contribution in [2.45, 2.75) is 13.2 Å². The number of anilines is 1. The number of aromatic carboxylic acids is 1. The van der Waals surface area contributed by atoms with E-state index in [9.17, 15) is 9.90 Å². The van der Waals surface area contributed by atoms with E-state index >= 15 is 0 Å². The molecule has 2 N–H and O–H groups in total. The van der Waals surface area contributed by atoms with Crippen LogP contribution >= 0.6 is 39.1 Å². The van der Waals surface area contributed by atoms with Crippen molar-refractivity contribution in [1.29, 1.82) is 0 Å². The minimum Gasteiger partial charge on any atom is -0.493 e. The van der Waals surface area contributed by atoms with E-state index in [0.29, 0.717) is 35.4 Å². The normalized spacial score (nSPS) is 10.5. The summed E-state index contributed by atoms with van der Waals surface area (Å²) in [7, 11) is 1.57. The molecule has 0 heterocycles. The molecule has 156 valence electrons. The summed E-state index contributed by atoms with van der Waals surface area (Å²) in [6.07, 6.45) is 0. The van der Waals surface area contributed by atoms with E-state index in [1.165, 1.54) is 6.07 Å². The highest BCUT2D eigenvalue weighted by atomic mass is 79.9. The maximum atomic E-state index is 11.2. The van der Waals surface area contributed by atoms with E-state index in [0.717, 1.165) is 15.6 Å². The molecule has 0 spiro atoms. The standard InChI is InChI=1S/C22H18BrCl2NO4/c1-29-20-8-14(11-26-15-6-7-19(25)16(9-15)22(27)28)17(23)10-21(20)30-12-13-4-2-3-5-18(13)24/h2-10,26H,11-12H2,1H3,(H,27,28). The highest BCUT2D eigenvalue weighted by molar-refractivity contribution is 9.10. The molecule has 0 amide bonds. The van der Waals surface area contributed by atoms with Crippen LogP contribution in [0.25, 0.3) is 0 Å². The summed E-state index contributed by atoms with van der Waals surface area (Å²) in [5.41, 5.74) is 2.46. The average molecular weight is 511 g/mol. The molecule has 0 bridgehead atoms. The topological polar surface area (TPSA) is 67.8 Å². The summed E-state index contributed by atoms with van der Waals surface area (Å²) in [5, 5.41) is 13.2. The Hall–Kier alpha value is -2.41. The maximum Gasteiger partial charge on any atom is 0.337 e. The van der Waals surface area contributed by atoms with Gasteiger partial charge in [-0.25, -0.2) is 4.79 Å². The van der Waals surface area contributed by atoms with Crippen LogP contribution in [0.4, 0.5) is 5.69 Å². The molecule has 0 saturated carbocycles. The fourth-order valence-electron chi connectivity index (χ4n) is 2.75. The zero-order valence-electron chi connectivity index (χ0n) is 15.9. The van der Waals surface area contributed by atoms with Crippen LogP contribution in [0.5, 0.6) is 11.5 Å². The Morgan fingerprint density at radius 1 is 1.03 bits per heavy atom. The molecule has 0 aliphatic heterocycles. The fourth-order valence-corrected chi connectivity index (χ4v) is 3.60. The van der Waals surface area contributed by atoms with Crippen molar-refractivity contribution in [2.75, 3.05) is 12.4 Å². The number of carbonyl (C=O) groups is 1.